The maximum atomic E-state index is 6.65. The zero-order chi connectivity index (χ0) is 26.6. The molecule has 4 heterocycles. The Balaban J connectivity index is 1.56. The maximum absolute atomic E-state index is 6.65. The van der Waals surface area contributed by atoms with Crippen molar-refractivity contribution in [3.8, 4) is 5.75 Å². The van der Waals surface area contributed by atoms with Crippen LogP contribution in [0.3, 0.4) is 0 Å². The van der Waals surface area contributed by atoms with E-state index in [-0.39, 0.29) is 12.1 Å². The number of nitrogens with zero attached hydrogens (tertiary/aromatic N) is 4. The van der Waals surface area contributed by atoms with Gasteiger partial charge in [0.15, 0.2) is 5.11 Å². The molecule has 3 aromatic heterocycles. The number of aryl methyl sites for hydroxylation is 1. The zero-order valence-electron chi connectivity index (χ0n) is 21.6. The van der Waals surface area contributed by atoms with Crippen molar-refractivity contribution >= 4 is 34.6 Å². The Morgan fingerprint density at radius 2 is 1.92 bits per heavy atom. The predicted octanol–water partition coefficient (Wildman–Crippen LogP) is 5.80. The topological polar surface area (TPSA) is 64.4 Å². The Bertz CT molecular complexity index is 1410. The van der Waals surface area contributed by atoms with E-state index >= 15 is 0 Å². The Kier molecular flexibility index (Phi) is 7.93. The molecule has 1 saturated heterocycles. The predicted molar refractivity (Wildman–Crippen MR) is 154 cm³/mol. The van der Waals surface area contributed by atoms with Crippen LogP contribution >= 0.6 is 23.8 Å². The molecule has 1 N–H and O–H groups in total. The van der Waals surface area contributed by atoms with Crippen LogP contribution < -0.4 is 15.0 Å². The Morgan fingerprint density at radius 3 is 2.63 bits per heavy atom. The fraction of sp³-hybridized carbons (Fsp3) is 0.276. The number of pyridine rings is 2. The van der Waals surface area contributed by atoms with Crippen molar-refractivity contribution in [1.82, 2.24) is 19.9 Å². The van der Waals surface area contributed by atoms with Gasteiger partial charge in [-0.2, -0.15) is 0 Å². The largest absolute Gasteiger partial charge is 0.490 e. The molecular formula is C29H30ClN5O2S. The summed E-state index contributed by atoms with van der Waals surface area (Å²) in [4.78, 5) is 11.1. The number of hydrogen-bond acceptors (Lipinski definition) is 5. The van der Waals surface area contributed by atoms with Crippen LogP contribution in [0, 0.1) is 13.8 Å². The van der Waals surface area contributed by atoms with E-state index in [1.807, 2.05) is 54.9 Å². The molecule has 7 nitrogen and oxygen atoms in total. The number of hydrogen-bond donors (Lipinski definition) is 1. The van der Waals surface area contributed by atoms with E-state index in [9.17, 15) is 0 Å². The number of halogens is 1. The lowest BCUT2D eigenvalue weighted by Gasteiger charge is -2.28. The second kappa shape index (κ2) is 11.5. The summed E-state index contributed by atoms with van der Waals surface area (Å²) in [6.45, 7) is 5.95. The minimum Gasteiger partial charge on any atom is -0.490 e. The Morgan fingerprint density at radius 1 is 1.05 bits per heavy atom. The molecular weight excluding hydrogens is 518 g/mol. The zero-order valence-corrected chi connectivity index (χ0v) is 23.2. The summed E-state index contributed by atoms with van der Waals surface area (Å²) in [5, 5.41) is 4.67. The molecule has 0 aliphatic carbocycles. The summed E-state index contributed by atoms with van der Waals surface area (Å²) in [6, 6.07) is 17.8. The lowest BCUT2D eigenvalue weighted by molar-refractivity contribution is 0.146. The molecule has 1 fully saturated rings. The minimum absolute atomic E-state index is 0.137. The summed E-state index contributed by atoms with van der Waals surface area (Å²) >= 11 is 12.6. The summed E-state index contributed by atoms with van der Waals surface area (Å²) in [5.74, 6) is 0.609. The smallest absolute Gasteiger partial charge is 0.174 e. The lowest BCUT2D eigenvalue weighted by Crippen LogP contribution is -2.29. The van der Waals surface area contributed by atoms with Crippen molar-refractivity contribution in [1.29, 1.82) is 0 Å². The van der Waals surface area contributed by atoms with Crippen molar-refractivity contribution < 1.29 is 9.47 Å². The molecule has 0 saturated carbocycles. The molecule has 1 aliphatic rings. The molecule has 4 aromatic rings. The number of thiocarbonyl (C=S) groups is 1. The molecule has 0 radical (unpaired) electrons. The van der Waals surface area contributed by atoms with E-state index in [2.05, 4.69) is 50.7 Å². The SMILES string of the molecule is COCCOc1ccc(N2C(=S)N[C@H](c3ccccn3)[C@@H]2c2cc(C)n(Cc3cccnc3)c2C)cc1Cl. The van der Waals surface area contributed by atoms with Crippen LogP contribution in [0.1, 0.15) is 40.3 Å². The summed E-state index contributed by atoms with van der Waals surface area (Å²) in [5.41, 5.74) is 6.45. The van der Waals surface area contributed by atoms with Gasteiger partial charge in [0.25, 0.3) is 0 Å². The van der Waals surface area contributed by atoms with E-state index in [0.29, 0.717) is 29.1 Å². The van der Waals surface area contributed by atoms with E-state index in [1.54, 1.807) is 13.3 Å². The summed E-state index contributed by atoms with van der Waals surface area (Å²) < 4.78 is 13.2. The summed E-state index contributed by atoms with van der Waals surface area (Å²) in [7, 11) is 1.64. The van der Waals surface area contributed by atoms with E-state index in [4.69, 9.17) is 33.3 Å². The average molecular weight is 548 g/mol. The van der Waals surface area contributed by atoms with Crippen LogP contribution in [0.2, 0.25) is 5.02 Å². The van der Waals surface area contributed by atoms with Crippen molar-refractivity contribution in [2.24, 2.45) is 0 Å². The molecule has 2 atom stereocenters. The molecule has 9 heteroatoms. The normalized spacial score (nSPS) is 17.1. The highest BCUT2D eigenvalue weighted by Crippen LogP contribution is 2.44. The highest BCUT2D eigenvalue weighted by atomic mass is 35.5. The fourth-order valence-electron chi connectivity index (χ4n) is 4.99. The van der Waals surface area contributed by atoms with E-state index < -0.39 is 0 Å². The van der Waals surface area contributed by atoms with Gasteiger partial charge in [0, 0.05) is 49.3 Å². The van der Waals surface area contributed by atoms with E-state index in [1.165, 1.54) is 17.0 Å². The molecule has 196 valence electrons. The number of aromatic nitrogens is 3. The second-order valence-electron chi connectivity index (χ2n) is 9.23. The first kappa shape index (κ1) is 26.2. The number of methoxy groups -OCH3 is 1. The van der Waals surface area contributed by atoms with Gasteiger partial charge in [0.05, 0.1) is 29.4 Å². The monoisotopic (exact) mass is 547 g/mol. The highest BCUT2D eigenvalue weighted by Gasteiger charge is 2.42. The number of nitrogens with one attached hydrogen (secondary N) is 1. The molecule has 1 aromatic carbocycles. The van der Waals surface area contributed by atoms with E-state index in [0.717, 1.165) is 23.5 Å². The first-order valence-electron chi connectivity index (χ1n) is 12.5. The van der Waals surface area contributed by atoms with Crippen LogP contribution in [0.4, 0.5) is 5.69 Å². The van der Waals surface area contributed by atoms with Crippen molar-refractivity contribution in [3.05, 3.63) is 106 Å². The third-order valence-corrected chi connectivity index (χ3v) is 7.44. The van der Waals surface area contributed by atoms with Crippen LogP contribution in [0.5, 0.6) is 5.75 Å². The molecule has 0 spiro atoms. The molecule has 0 unspecified atom stereocenters. The number of anilines is 1. The molecule has 0 amide bonds. The van der Waals surface area contributed by atoms with Gasteiger partial charge in [-0.25, -0.2) is 0 Å². The number of ether oxygens (including phenoxy) is 2. The van der Waals surface area contributed by atoms with Gasteiger partial charge in [-0.1, -0.05) is 23.7 Å². The minimum atomic E-state index is -0.146. The second-order valence-corrected chi connectivity index (χ2v) is 10.0. The van der Waals surface area contributed by atoms with Crippen molar-refractivity contribution in [2.75, 3.05) is 25.2 Å². The average Bonchev–Trinajstić information content (AvgIpc) is 3.41. The Hall–Kier alpha value is -3.46. The van der Waals surface area contributed by atoms with Gasteiger partial charge in [-0.3, -0.25) is 9.97 Å². The third-order valence-electron chi connectivity index (χ3n) is 6.83. The Labute approximate surface area is 233 Å². The van der Waals surface area contributed by atoms with Gasteiger partial charge in [-0.05, 0) is 79.7 Å². The van der Waals surface area contributed by atoms with Crippen LogP contribution in [0.25, 0.3) is 0 Å². The first-order chi connectivity index (χ1) is 18.5. The molecule has 5 rings (SSSR count). The molecule has 38 heavy (non-hydrogen) atoms. The number of benzene rings is 1. The number of rotatable bonds is 9. The quantitative estimate of drug-likeness (QED) is 0.210. The van der Waals surface area contributed by atoms with Gasteiger partial charge in [0.1, 0.15) is 12.4 Å². The maximum Gasteiger partial charge on any atom is 0.174 e. The van der Waals surface area contributed by atoms with Gasteiger partial charge in [0.2, 0.25) is 0 Å². The van der Waals surface area contributed by atoms with Gasteiger partial charge >= 0.3 is 0 Å². The first-order valence-corrected chi connectivity index (χ1v) is 13.2. The van der Waals surface area contributed by atoms with Gasteiger partial charge in [-0.15, -0.1) is 0 Å². The third kappa shape index (κ3) is 5.25. The van der Waals surface area contributed by atoms with Crippen molar-refractivity contribution in [2.45, 2.75) is 32.5 Å². The highest BCUT2D eigenvalue weighted by molar-refractivity contribution is 7.80. The molecule has 1 aliphatic heterocycles. The van der Waals surface area contributed by atoms with Crippen molar-refractivity contribution in [3.63, 3.8) is 0 Å². The standard InChI is InChI=1S/C29H30ClN5O2S/c1-19-15-23(20(2)34(19)18-21-7-6-11-31-17-21)28-27(25-8-4-5-12-32-25)33-29(38)35(28)22-9-10-26(24(30)16-22)37-14-13-36-3/h4-12,15-17,27-28H,13-14,18H2,1-3H3,(H,33,38)/t27-,28+/m1/s1. The lowest BCUT2D eigenvalue weighted by atomic mass is 9.96. The fourth-order valence-corrected chi connectivity index (χ4v) is 5.56. The van der Waals surface area contributed by atoms with Crippen LogP contribution in [-0.4, -0.2) is 40.0 Å². The molecule has 0 bridgehead atoms. The van der Waals surface area contributed by atoms with Crippen LogP contribution in [-0.2, 0) is 11.3 Å². The van der Waals surface area contributed by atoms with Crippen LogP contribution in [0.15, 0.2) is 73.2 Å². The summed E-state index contributed by atoms with van der Waals surface area (Å²) in [6.07, 6.45) is 5.52. The van der Waals surface area contributed by atoms with Gasteiger partial charge < -0.3 is 24.3 Å².